The Morgan fingerprint density at radius 3 is 2.53 bits per heavy atom. The van der Waals surface area contributed by atoms with Crippen LogP contribution in [0.25, 0.3) is 0 Å². The van der Waals surface area contributed by atoms with Gasteiger partial charge in [0.2, 0.25) is 0 Å². The van der Waals surface area contributed by atoms with E-state index in [1.807, 2.05) is 0 Å². The predicted molar refractivity (Wildman–Crippen MR) is 75.4 cm³/mol. The third-order valence-electron chi connectivity index (χ3n) is 4.48. The molecule has 1 heterocycles. The Bertz CT molecular complexity index is 246. The van der Waals surface area contributed by atoms with Gasteiger partial charge < -0.3 is 10.5 Å². The van der Waals surface area contributed by atoms with Gasteiger partial charge in [-0.1, -0.05) is 13.8 Å². The standard InChI is InChI=1S/C14H27NOS/c1-9(2)11-4-5-12(15)14(8-11)17-13-6-7-16-10(13)3/h9-14H,4-8,15H2,1-3H3. The van der Waals surface area contributed by atoms with E-state index in [0.717, 1.165) is 18.4 Å². The lowest BCUT2D eigenvalue weighted by molar-refractivity contribution is 0.127. The highest BCUT2D eigenvalue weighted by Crippen LogP contribution is 2.39. The summed E-state index contributed by atoms with van der Waals surface area (Å²) in [6.45, 7) is 7.85. The van der Waals surface area contributed by atoms with E-state index in [-0.39, 0.29) is 0 Å². The maximum Gasteiger partial charge on any atom is 0.0666 e. The molecule has 0 aromatic carbocycles. The number of ether oxygens (including phenoxy) is 1. The van der Waals surface area contributed by atoms with Crippen LogP contribution < -0.4 is 5.73 Å². The summed E-state index contributed by atoms with van der Waals surface area (Å²) in [5.41, 5.74) is 6.30. The minimum absolute atomic E-state index is 0.405. The molecule has 1 aliphatic heterocycles. The molecule has 0 spiro atoms. The molecule has 5 atom stereocenters. The van der Waals surface area contributed by atoms with Gasteiger partial charge in [0.25, 0.3) is 0 Å². The molecule has 0 aromatic heterocycles. The van der Waals surface area contributed by atoms with Gasteiger partial charge in [0.05, 0.1) is 6.10 Å². The minimum atomic E-state index is 0.405. The summed E-state index contributed by atoms with van der Waals surface area (Å²) in [5, 5.41) is 1.34. The molecule has 2 aliphatic rings. The van der Waals surface area contributed by atoms with Crippen molar-refractivity contribution in [1.82, 2.24) is 0 Å². The lowest BCUT2D eigenvalue weighted by Gasteiger charge is -2.37. The minimum Gasteiger partial charge on any atom is -0.377 e. The quantitative estimate of drug-likeness (QED) is 0.844. The summed E-state index contributed by atoms with van der Waals surface area (Å²) in [7, 11) is 0. The Hall–Kier alpha value is 0.270. The first kappa shape index (κ1) is 13.7. The molecule has 2 N–H and O–H groups in total. The number of nitrogens with two attached hydrogens (primary N) is 1. The molecule has 17 heavy (non-hydrogen) atoms. The molecule has 2 nitrogen and oxygen atoms in total. The first-order chi connectivity index (χ1) is 8.08. The molecular weight excluding hydrogens is 230 g/mol. The van der Waals surface area contributed by atoms with Crippen molar-refractivity contribution in [2.75, 3.05) is 6.61 Å². The lowest BCUT2D eigenvalue weighted by atomic mass is 9.79. The fourth-order valence-corrected chi connectivity index (χ4v) is 4.74. The Labute approximate surface area is 110 Å². The van der Waals surface area contributed by atoms with Crippen molar-refractivity contribution in [3.63, 3.8) is 0 Å². The second kappa shape index (κ2) is 5.94. The zero-order valence-corrected chi connectivity index (χ0v) is 12.2. The second-order valence-corrected chi connectivity index (χ2v) is 7.54. The van der Waals surface area contributed by atoms with Gasteiger partial charge in [-0.05, 0) is 44.4 Å². The van der Waals surface area contributed by atoms with Crippen LogP contribution in [-0.2, 0) is 4.74 Å². The summed E-state index contributed by atoms with van der Waals surface area (Å²) in [6, 6.07) is 0.405. The Morgan fingerprint density at radius 1 is 1.18 bits per heavy atom. The summed E-state index contributed by atoms with van der Waals surface area (Å²) < 4.78 is 5.65. The van der Waals surface area contributed by atoms with E-state index in [1.165, 1.54) is 25.7 Å². The smallest absolute Gasteiger partial charge is 0.0666 e. The summed E-state index contributed by atoms with van der Waals surface area (Å²) in [5.74, 6) is 1.69. The molecule has 100 valence electrons. The SMILES string of the molecule is CC(C)C1CCC(N)C(SC2CCOC2C)C1. The van der Waals surface area contributed by atoms with Crippen molar-refractivity contribution in [2.24, 2.45) is 17.6 Å². The van der Waals surface area contributed by atoms with Crippen LogP contribution in [0, 0.1) is 11.8 Å². The second-order valence-electron chi connectivity index (χ2n) is 6.06. The van der Waals surface area contributed by atoms with E-state index in [0.29, 0.717) is 22.6 Å². The van der Waals surface area contributed by atoms with Crippen LogP contribution in [0.5, 0.6) is 0 Å². The fraction of sp³-hybridized carbons (Fsp3) is 1.00. The van der Waals surface area contributed by atoms with Crippen LogP contribution in [0.15, 0.2) is 0 Å². The van der Waals surface area contributed by atoms with E-state index < -0.39 is 0 Å². The highest BCUT2D eigenvalue weighted by molar-refractivity contribution is 8.00. The highest BCUT2D eigenvalue weighted by atomic mass is 32.2. The highest BCUT2D eigenvalue weighted by Gasteiger charge is 2.34. The molecule has 3 heteroatoms. The average molecular weight is 257 g/mol. The normalized spacial score (nSPS) is 43.2. The number of hydrogen-bond donors (Lipinski definition) is 1. The molecule has 5 unspecified atom stereocenters. The van der Waals surface area contributed by atoms with Crippen LogP contribution >= 0.6 is 11.8 Å². The van der Waals surface area contributed by atoms with E-state index in [4.69, 9.17) is 10.5 Å². The molecule has 0 aromatic rings. The molecule has 2 rings (SSSR count). The Kier molecular flexibility index (Phi) is 4.79. The van der Waals surface area contributed by atoms with Crippen molar-refractivity contribution in [3.8, 4) is 0 Å². The van der Waals surface area contributed by atoms with Crippen molar-refractivity contribution in [2.45, 2.75) is 69.1 Å². The topological polar surface area (TPSA) is 35.2 Å². The first-order valence-corrected chi connectivity index (χ1v) is 8.05. The number of rotatable bonds is 3. The van der Waals surface area contributed by atoms with Gasteiger partial charge in [-0.15, -0.1) is 0 Å². The maximum absolute atomic E-state index is 6.30. The molecule has 0 radical (unpaired) electrons. The summed E-state index contributed by atoms with van der Waals surface area (Å²) in [6.07, 6.45) is 5.48. The maximum atomic E-state index is 6.30. The Morgan fingerprint density at radius 2 is 1.94 bits per heavy atom. The average Bonchev–Trinajstić information content (AvgIpc) is 2.67. The van der Waals surface area contributed by atoms with Gasteiger partial charge in [0.1, 0.15) is 0 Å². The largest absolute Gasteiger partial charge is 0.377 e. The van der Waals surface area contributed by atoms with Gasteiger partial charge >= 0.3 is 0 Å². The van der Waals surface area contributed by atoms with Crippen LogP contribution in [0.4, 0.5) is 0 Å². The zero-order valence-electron chi connectivity index (χ0n) is 11.4. The monoisotopic (exact) mass is 257 g/mol. The van der Waals surface area contributed by atoms with Gasteiger partial charge in [0, 0.05) is 23.1 Å². The molecular formula is C14H27NOS. The van der Waals surface area contributed by atoms with Crippen LogP contribution in [0.3, 0.4) is 0 Å². The molecule has 1 saturated heterocycles. The van der Waals surface area contributed by atoms with Crippen molar-refractivity contribution >= 4 is 11.8 Å². The molecule has 0 amide bonds. The molecule has 0 bridgehead atoms. The fourth-order valence-electron chi connectivity index (χ4n) is 3.06. The van der Waals surface area contributed by atoms with Gasteiger partial charge in [-0.2, -0.15) is 11.8 Å². The third-order valence-corrected chi connectivity index (χ3v) is 6.34. The van der Waals surface area contributed by atoms with E-state index in [1.54, 1.807) is 0 Å². The van der Waals surface area contributed by atoms with E-state index in [2.05, 4.69) is 32.5 Å². The first-order valence-electron chi connectivity index (χ1n) is 7.10. The third kappa shape index (κ3) is 3.39. The summed E-state index contributed by atoms with van der Waals surface area (Å²) >= 11 is 2.12. The van der Waals surface area contributed by atoms with Gasteiger partial charge in [-0.25, -0.2) is 0 Å². The van der Waals surface area contributed by atoms with E-state index in [9.17, 15) is 0 Å². The van der Waals surface area contributed by atoms with Crippen molar-refractivity contribution in [3.05, 3.63) is 0 Å². The summed E-state index contributed by atoms with van der Waals surface area (Å²) in [4.78, 5) is 0. The molecule has 1 saturated carbocycles. The lowest BCUT2D eigenvalue weighted by Crippen LogP contribution is -2.41. The molecule has 1 aliphatic carbocycles. The van der Waals surface area contributed by atoms with Crippen molar-refractivity contribution in [1.29, 1.82) is 0 Å². The van der Waals surface area contributed by atoms with Crippen molar-refractivity contribution < 1.29 is 4.74 Å². The van der Waals surface area contributed by atoms with Crippen LogP contribution in [-0.4, -0.2) is 29.3 Å². The Balaban J connectivity index is 1.89. The van der Waals surface area contributed by atoms with Crippen LogP contribution in [0.2, 0.25) is 0 Å². The van der Waals surface area contributed by atoms with Gasteiger partial charge in [-0.3, -0.25) is 0 Å². The molecule has 2 fully saturated rings. The zero-order chi connectivity index (χ0) is 12.4. The van der Waals surface area contributed by atoms with E-state index >= 15 is 0 Å². The van der Waals surface area contributed by atoms with Crippen LogP contribution in [0.1, 0.15) is 46.5 Å². The number of thioether (sulfide) groups is 1. The predicted octanol–water partition coefficient (Wildman–Crippen LogP) is 3.05. The van der Waals surface area contributed by atoms with Gasteiger partial charge in [0.15, 0.2) is 0 Å². The number of hydrogen-bond acceptors (Lipinski definition) is 3.